The van der Waals surface area contributed by atoms with E-state index in [-0.39, 0.29) is 0 Å². The fourth-order valence-corrected chi connectivity index (χ4v) is 1.22. The van der Waals surface area contributed by atoms with Crippen molar-refractivity contribution in [3.8, 4) is 11.6 Å². The van der Waals surface area contributed by atoms with E-state index < -0.39 is 0 Å². The molecule has 0 N–H and O–H groups in total. The number of rotatable bonds is 2. The molecule has 0 radical (unpaired) electrons. The SMILES string of the molecule is COc1cc([AsH2])cnc1OC. The van der Waals surface area contributed by atoms with Crippen LogP contribution >= 0.6 is 0 Å². The zero-order valence-corrected chi connectivity index (χ0v) is 8.92. The van der Waals surface area contributed by atoms with Crippen LogP contribution in [0.15, 0.2) is 12.3 Å². The van der Waals surface area contributed by atoms with Crippen molar-refractivity contribution in [1.29, 1.82) is 0 Å². The Morgan fingerprint density at radius 2 is 2.09 bits per heavy atom. The first-order chi connectivity index (χ1) is 5.27. The molecule has 0 amide bonds. The van der Waals surface area contributed by atoms with Gasteiger partial charge in [0.05, 0.1) is 0 Å². The fourth-order valence-electron chi connectivity index (χ4n) is 0.747. The summed E-state index contributed by atoms with van der Waals surface area (Å²) in [6.45, 7) is 0. The second kappa shape index (κ2) is 3.63. The van der Waals surface area contributed by atoms with E-state index in [4.69, 9.17) is 9.47 Å². The third-order valence-corrected chi connectivity index (χ3v) is 1.92. The van der Waals surface area contributed by atoms with Crippen molar-refractivity contribution in [2.24, 2.45) is 0 Å². The van der Waals surface area contributed by atoms with Crippen molar-refractivity contribution < 1.29 is 9.47 Å². The molecule has 0 fully saturated rings. The average molecular weight is 215 g/mol. The minimum atomic E-state index is 0.536. The van der Waals surface area contributed by atoms with Crippen molar-refractivity contribution in [2.75, 3.05) is 14.2 Å². The molecule has 0 aliphatic heterocycles. The summed E-state index contributed by atoms with van der Waals surface area (Å²) in [6, 6.07) is 1.91. The van der Waals surface area contributed by atoms with Gasteiger partial charge in [-0.25, -0.2) is 0 Å². The second-order valence-corrected chi connectivity index (χ2v) is 3.38. The fraction of sp³-hybridized carbons (Fsp3) is 0.286. The van der Waals surface area contributed by atoms with E-state index in [2.05, 4.69) is 4.98 Å². The number of pyridine rings is 1. The Hall–Kier alpha value is -0.692. The predicted molar refractivity (Wildman–Crippen MR) is 45.5 cm³/mol. The van der Waals surface area contributed by atoms with Crippen molar-refractivity contribution in [3.63, 3.8) is 0 Å². The Labute approximate surface area is 74.2 Å². The van der Waals surface area contributed by atoms with Crippen molar-refractivity contribution in [1.82, 2.24) is 4.98 Å². The predicted octanol–water partition coefficient (Wildman–Crippen LogP) is -0.643. The monoisotopic (exact) mass is 215 g/mol. The molecule has 0 aliphatic carbocycles. The number of hydrogen-bond acceptors (Lipinski definition) is 3. The molecule has 4 heteroatoms. The quantitative estimate of drug-likeness (QED) is 0.615. The molecule has 1 unspecified atom stereocenters. The molecular formula is C7H10AsNO2. The van der Waals surface area contributed by atoms with Crippen LogP contribution in [0.5, 0.6) is 11.6 Å². The first-order valence-corrected chi connectivity index (χ1v) is 4.32. The normalized spacial score (nSPS) is 9.36. The van der Waals surface area contributed by atoms with E-state index in [1.54, 1.807) is 20.4 Å². The van der Waals surface area contributed by atoms with Crippen LogP contribution in [-0.4, -0.2) is 36.1 Å². The van der Waals surface area contributed by atoms with E-state index in [9.17, 15) is 0 Å². The van der Waals surface area contributed by atoms with Crippen LogP contribution in [-0.2, 0) is 0 Å². The van der Waals surface area contributed by atoms with E-state index in [1.165, 1.54) is 16.9 Å². The summed E-state index contributed by atoms with van der Waals surface area (Å²) in [7, 11) is 3.18. The second-order valence-electron chi connectivity index (χ2n) is 1.98. The number of hydrogen-bond donors (Lipinski definition) is 0. The van der Waals surface area contributed by atoms with Gasteiger partial charge in [0, 0.05) is 0 Å². The van der Waals surface area contributed by atoms with E-state index in [0.717, 1.165) is 4.35 Å². The van der Waals surface area contributed by atoms with Crippen LogP contribution in [0.1, 0.15) is 0 Å². The van der Waals surface area contributed by atoms with Gasteiger partial charge in [0.1, 0.15) is 0 Å². The number of nitrogens with zero attached hydrogens (tertiary/aromatic N) is 1. The van der Waals surface area contributed by atoms with Crippen LogP contribution in [0, 0.1) is 0 Å². The summed E-state index contributed by atoms with van der Waals surface area (Å²) in [4.78, 5) is 4.04. The third-order valence-electron chi connectivity index (χ3n) is 1.25. The molecule has 11 heavy (non-hydrogen) atoms. The molecule has 3 nitrogen and oxygen atoms in total. The Balaban J connectivity index is 3.06. The van der Waals surface area contributed by atoms with Crippen molar-refractivity contribution >= 4 is 21.2 Å². The van der Waals surface area contributed by atoms with E-state index in [1.807, 2.05) is 6.07 Å². The zero-order valence-electron chi connectivity index (χ0n) is 6.50. The molecule has 0 aliphatic rings. The first kappa shape index (κ1) is 8.41. The molecule has 1 heterocycles. The summed E-state index contributed by atoms with van der Waals surface area (Å²) in [6.07, 6.45) is 1.77. The molecule has 1 atom stereocenters. The van der Waals surface area contributed by atoms with Crippen LogP contribution in [0.25, 0.3) is 0 Å². The van der Waals surface area contributed by atoms with Gasteiger partial charge >= 0.3 is 73.8 Å². The Morgan fingerprint density at radius 3 is 2.64 bits per heavy atom. The van der Waals surface area contributed by atoms with Crippen LogP contribution < -0.4 is 13.8 Å². The van der Waals surface area contributed by atoms with Crippen molar-refractivity contribution in [2.45, 2.75) is 0 Å². The molecule has 1 aromatic heterocycles. The molecule has 1 aromatic rings. The third kappa shape index (κ3) is 1.87. The van der Waals surface area contributed by atoms with Crippen molar-refractivity contribution in [3.05, 3.63) is 12.3 Å². The summed E-state index contributed by atoms with van der Waals surface area (Å²) in [5.41, 5.74) is 0. The van der Waals surface area contributed by atoms with Crippen LogP contribution in [0.3, 0.4) is 0 Å². The molecule has 60 valence electrons. The van der Waals surface area contributed by atoms with Gasteiger partial charge in [0.2, 0.25) is 0 Å². The topological polar surface area (TPSA) is 31.4 Å². The van der Waals surface area contributed by atoms with Gasteiger partial charge in [-0.3, -0.25) is 0 Å². The number of aromatic nitrogens is 1. The molecular weight excluding hydrogens is 205 g/mol. The molecule has 0 spiro atoms. The first-order valence-electron chi connectivity index (χ1n) is 3.11. The Bertz CT molecular complexity index is 252. The molecule has 0 aromatic carbocycles. The summed E-state index contributed by atoms with van der Waals surface area (Å²) in [5, 5.41) is 0. The maximum atomic E-state index is 5.04. The molecule has 0 saturated carbocycles. The average Bonchev–Trinajstić information content (AvgIpc) is 2.04. The van der Waals surface area contributed by atoms with Gasteiger partial charge in [-0.2, -0.15) is 0 Å². The number of methoxy groups -OCH3 is 2. The van der Waals surface area contributed by atoms with E-state index >= 15 is 0 Å². The Kier molecular flexibility index (Phi) is 2.77. The van der Waals surface area contributed by atoms with Gasteiger partial charge in [0.15, 0.2) is 0 Å². The van der Waals surface area contributed by atoms with Crippen LogP contribution in [0.2, 0.25) is 0 Å². The standard InChI is InChI=1S/C7H10AsNO2/c1-10-6-3-5(8)4-9-7(6)11-2/h3-4H,8H2,1-2H3. The molecule has 0 saturated heterocycles. The number of ether oxygens (including phenoxy) is 2. The van der Waals surface area contributed by atoms with Gasteiger partial charge in [0.25, 0.3) is 0 Å². The minimum absolute atomic E-state index is 0.536. The van der Waals surface area contributed by atoms with Gasteiger partial charge in [-0.15, -0.1) is 0 Å². The summed E-state index contributed by atoms with van der Waals surface area (Å²) in [5.74, 6) is 1.23. The zero-order chi connectivity index (χ0) is 8.27. The molecule has 1 rings (SSSR count). The van der Waals surface area contributed by atoms with Gasteiger partial charge < -0.3 is 0 Å². The van der Waals surface area contributed by atoms with E-state index in [0.29, 0.717) is 11.6 Å². The maximum absolute atomic E-state index is 5.04. The summed E-state index contributed by atoms with van der Waals surface area (Å²) < 4.78 is 11.1. The van der Waals surface area contributed by atoms with Crippen LogP contribution in [0.4, 0.5) is 0 Å². The summed E-state index contributed by atoms with van der Waals surface area (Å²) >= 11 is 1.52. The van der Waals surface area contributed by atoms with Gasteiger partial charge in [-0.1, -0.05) is 0 Å². The molecule has 0 bridgehead atoms. The Morgan fingerprint density at radius 1 is 1.36 bits per heavy atom. The van der Waals surface area contributed by atoms with Gasteiger partial charge in [-0.05, 0) is 0 Å².